The molecule has 0 saturated heterocycles. The summed E-state index contributed by atoms with van der Waals surface area (Å²) in [6, 6.07) is 1.85. The van der Waals surface area contributed by atoms with E-state index in [0.717, 1.165) is 17.0 Å². The summed E-state index contributed by atoms with van der Waals surface area (Å²) in [6.07, 6.45) is -0.968. The number of carboxylic acids is 1. The molecule has 7 heteroatoms. The van der Waals surface area contributed by atoms with Gasteiger partial charge in [-0.2, -0.15) is 0 Å². The molecule has 1 unspecified atom stereocenters. The van der Waals surface area contributed by atoms with Crippen molar-refractivity contribution in [1.29, 1.82) is 0 Å². The number of aliphatic carboxylic acids is 1. The fourth-order valence-corrected chi connectivity index (χ4v) is 1.74. The fraction of sp³-hybridized carbons (Fsp3) is 0.467. The molecule has 0 aliphatic carbocycles. The highest BCUT2D eigenvalue weighted by molar-refractivity contribution is 5.80. The van der Waals surface area contributed by atoms with E-state index in [1.165, 1.54) is 13.1 Å². The molecule has 1 aromatic rings. The lowest BCUT2D eigenvalue weighted by atomic mass is 10.0. The van der Waals surface area contributed by atoms with E-state index in [9.17, 15) is 23.5 Å². The number of hydrogen-bond acceptors (Lipinski definition) is 3. The highest BCUT2D eigenvalue weighted by Gasteiger charge is 2.30. The summed E-state index contributed by atoms with van der Waals surface area (Å²) >= 11 is 0. The van der Waals surface area contributed by atoms with Gasteiger partial charge in [0.25, 0.3) is 0 Å². The van der Waals surface area contributed by atoms with E-state index in [4.69, 9.17) is 4.74 Å². The average molecular weight is 315 g/mol. The van der Waals surface area contributed by atoms with Crippen LogP contribution in [0.1, 0.15) is 26.3 Å². The van der Waals surface area contributed by atoms with Crippen molar-refractivity contribution in [2.75, 3.05) is 7.05 Å². The number of halogens is 2. The van der Waals surface area contributed by atoms with Gasteiger partial charge in [-0.05, 0) is 38.5 Å². The Labute approximate surface area is 127 Å². The molecule has 0 heterocycles. The Morgan fingerprint density at radius 1 is 1.27 bits per heavy atom. The molecule has 0 fully saturated rings. The van der Waals surface area contributed by atoms with Crippen LogP contribution in [0, 0.1) is 11.6 Å². The smallest absolute Gasteiger partial charge is 0.410 e. The molecule has 0 saturated carbocycles. The van der Waals surface area contributed by atoms with Crippen LogP contribution in [0.15, 0.2) is 18.2 Å². The standard InChI is InChI=1S/C15H19F2NO4/c1-15(2,3)22-14(21)18(4)12(13(19)20)8-9-5-6-10(16)11(17)7-9/h5-7,12H,8H2,1-4H3,(H,19,20). The molecule has 5 nitrogen and oxygen atoms in total. The highest BCUT2D eigenvalue weighted by atomic mass is 19.2. The Kier molecular flexibility index (Phi) is 5.46. The first-order valence-electron chi connectivity index (χ1n) is 6.64. The van der Waals surface area contributed by atoms with Crippen molar-refractivity contribution in [3.63, 3.8) is 0 Å². The number of ether oxygens (including phenoxy) is 1. The van der Waals surface area contributed by atoms with Crippen LogP contribution in [0.4, 0.5) is 13.6 Å². The second-order valence-corrected chi connectivity index (χ2v) is 5.90. The van der Waals surface area contributed by atoms with Crippen molar-refractivity contribution in [3.05, 3.63) is 35.4 Å². The van der Waals surface area contributed by atoms with Crippen LogP contribution in [0.25, 0.3) is 0 Å². The van der Waals surface area contributed by atoms with E-state index in [1.807, 2.05) is 0 Å². The molecule has 0 aliphatic rings. The summed E-state index contributed by atoms with van der Waals surface area (Å²) in [4.78, 5) is 24.2. The predicted molar refractivity (Wildman–Crippen MR) is 75.5 cm³/mol. The maximum atomic E-state index is 13.2. The summed E-state index contributed by atoms with van der Waals surface area (Å²) < 4.78 is 31.2. The molecule has 1 rings (SSSR count). The maximum Gasteiger partial charge on any atom is 0.410 e. The molecule has 1 aromatic carbocycles. The Morgan fingerprint density at radius 3 is 2.32 bits per heavy atom. The first kappa shape index (κ1) is 17.9. The minimum atomic E-state index is -1.27. The Hall–Kier alpha value is -2.18. The third kappa shape index (κ3) is 4.98. The lowest BCUT2D eigenvalue weighted by molar-refractivity contribution is -0.142. The quantitative estimate of drug-likeness (QED) is 0.928. The van der Waals surface area contributed by atoms with E-state index in [-0.39, 0.29) is 12.0 Å². The van der Waals surface area contributed by atoms with Crippen molar-refractivity contribution in [3.8, 4) is 0 Å². The van der Waals surface area contributed by atoms with Crippen molar-refractivity contribution < 1.29 is 28.2 Å². The lowest BCUT2D eigenvalue weighted by Crippen LogP contribution is -2.46. The van der Waals surface area contributed by atoms with Gasteiger partial charge in [0.05, 0.1) is 0 Å². The normalized spacial score (nSPS) is 12.6. The molecule has 1 atom stereocenters. The fourth-order valence-electron chi connectivity index (χ4n) is 1.74. The molecular formula is C15H19F2NO4. The van der Waals surface area contributed by atoms with Crippen LogP contribution >= 0.6 is 0 Å². The third-order valence-electron chi connectivity index (χ3n) is 2.85. The summed E-state index contributed by atoms with van der Waals surface area (Å²) in [5, 5.41) is 9.26. The largest absolute Gasteiger partial charge is 0.480 e. The molecule has 0 spiro atoms. The molecule has 22 heavy (non-hydrogen) atoms. The molecule has 1 amide bonds. The number of rotatable bonds is 4. The van der Waals surface area contributed by atoms with Crippen molar-refractivity contribution in [1.82, 2.24) is 4.90 Å². The van der Waals surface area contributed by atoms with E-state index in [0.29, 0.717) is 0 Å². The van der Waals surface area contributed by atoms with Crippen LogP contribution < -0.4 is 0 Å². The van der Waals surface area contributed by atoms with Gasteiger partial charge in [0.2, 0.25) is 0 Å². The number of carboxylic acid groups (broad SMARTS) is 1. The monoisotopic (exact) mass is 315 g/mol. The number of carbonyl (C=O) groups is 2. The predicted octanol–water partition coefficient (Wildman–Crippen LogP) is 2.83. The zero-order chi connectivity index (χ0) is 17.1. The van der Waals surface area contributed by atoms with Gasteiger partial charge in [0.15, 0.2) is 11.6 Å². The first-order valence-corrected chi connectivity index (χ1v) is 6.64. The van der Waals surface area contributed by atoms with Gasteiger partial charge in [0.1, 0.15) is 11.6 Å². The maximum absolute atomic E-state index is 13.2. The number of likely N-dealkylation sites (N-methyl/N-ethyl adjacent to an activating group) is 1. The molecule has 0 aliphatic heterocycles. The van der Waals surface area contributed by atoms with E-state index in [1.54, 1.807) is 20.8 Å². The highest BCUT2D eigenvalue weighted by Crippen LogP contribution is 2.15. The average Bonchev–Trinajstić information content (AvgIpc) is 2.36. The van der Waals surface area contributed by atoms with Crippen LogP contribution in [-0.2, 0) is 16.0 Å². The van der Waals surface area contributed by atoms with Gasteiger partial charge >= 0.3 is 12.1 Å². The second kappa shape index (κ2) is 6.72. The zero-order valence-corrected chi connectivity index (χ0v) is 12.9. The molecule has 0 radical (unpaired) electrons. The minimum absolute atomic E-state index is 0.164. The summed E-state index contributed by atoms with van der Waals surface area (Å²) in [6.45, 7) is 4.97. The van der Waals surface area contributed by atoms with Crippen molar-refractivity contribution >= 4 is 12.1 Å². The summed E-state index contributed by atoms with van der Waals surface area (Å²) in [7, 11) is 1.28. The van der Waals surface area contributed by atoms with Gasteiger partial charge in [-0.15, -0.1) is 0 Å². The van der Waals surface area contributed by atoms with Crippen LogP contribution in [-0.4, -0.2) is 40.8 Å². The summed E-state index contributed by atoms with van der Waals surface area (Å²) in [5.74, 6) is -3.35. The van der Waals surface area contributed by atoms with Crippen LogP contribution in [0.5, 0.6) is 0 Å². The van der Waals surface area contributed by atoms with Gasteiger partial charge in [0, 0.05) is 13.5 Å². The third-order valence-corrected chi connectivity index (χ3v) is 2.85. The molecule has 0 aromatic heterocycles. The molecule has 0 bridgehead atoms. The first-order chi connectivity index (χ1) is 10.0. The number of hydrogen-bond donors (Lipinski definition) is 1. The van der Waals surface area contributed by atoms with Gasteiger partial charge in [-0.25, -0.2) is 18.4 Å². The molecule has 1 N–H and O–H groups in total. The zero-order valence-electron chi connectivity index (χ0n) is 12.9. The lowest BCUT2D eigenvalue weighted by Gasteiger charge is -2.28. The van der Waals surface area contributed by atoms with Crippen LogP contribution in [0.3, 0.4) is 0 Å². The summed E-state index contributed by atoms with van der Waals surface area (Å²) in [5.41, 5.74) is -0.502. The molecular weight excluding hydrogens is 296 g/mol. The number of amides is 1. The Bertz CT molecular complexity index is 569. The number of nitrogens with zero attached hydrogens (tertiary/aromatic N) is 1. The Balaban J connectivity index is 2.91. The van der Waals surface area contributed by atoms with Gasteiger partial charge < -0.3 is 9.84 Å². The SMILES string of the molecule is CN(C(=O)OC(C)(C)C)C(Cc1ccc(F)c(F)c1)C(=O)O. The molecule has 122 valence electrons. The van der Waals surface area contributed by atoms with E-state index < -0.39 is 35.3 Å². The second-order valence-electron chi connectivity index (χ2n) is 5.90. The van der Waals surface area contributed by atoms with Gasteiger partial charge in [-0.3, -0.25) is 4.90 Å². The van der Waals surface area contributed by atoms with Crippen molar-refractivity contribution in [2.45, 2.75) is 38.8 Å². The number of carbonyl (C=O) groups excluding carboxylic acids is 1. The Morgan fingerprint density at radius 2 is 1.86 bits per heavy atom. The van der Waals surface area contributed by atoms with Crippen LogP contribution in [0.2, 0.25) is 0 Å². The van der Waals surface area contributed by atoms with Gasteiger partial charge in [-0.1, -0.05) is 6.07 Å². The van der Waals surface area contributed by atoms with E-state index in [2.05, 4.69) is 0 Å². The minimum Gasteiger partial charge on any atom is -0.480 e. The number of benzene rings is 1. The van der Waals surface area contributed by atoms with E-state index >= 15 is 0 Å². The van der Waals surface area contributed by atoms with Crippen molar-refractivity contribution in [2.24, 2.45) is 0 Å². The topological polar surface area (TPSA) is 66.8 Å².